The molecule has 0 aromatic carbocycles. The Morgan fingerprint density at radius 2 is 2.18 bits per heavy atom. The van der Waals surface area contributed by atoms with Gasteiger partial charge >= 0.3 is 5.97 Å². The summed E-state index contributed by atoms with van der Waals surface area (Å²) in [5.74, 6) is -0.664. The lowest BCUT2D eigenvalue weighted by Crippen LogP contribution is -2.57. The van der Waals surface area contributed by atoms with Gasteiger partial charge in [-0.25, -0.2) is 0 Å². The second-order valence-electron chi connectivity index (χ2n) is 5.34. The summed E-state index contributed by atoms with van der Waals surface area (Å²) in [4.78, 5) is 15.9. The van der Waals surface area contributed by atoms with E-state index >= 15 is 0 Å². The monoisotopic (exact) mass is 240 g/mol. The largest absolute Gasteiger partial charge is 0.481 e. The molecule has 0 aliphatic carbocycles. The first-order valence-corrected chi connectivity index (χ1v) is 6.90. The summed E-state index contributed by atoms with van der Waals surface area (Å²) in [5, 5.41) is 8.94. The zero-order valence-corrected chi connectivity index (χ0v) is 10.8. The quantitative estimate of drug-likeness (QED) is 0.807. The highest BCUT2D eigenvalue weighted by Crippen LogP contribution is 2.23. The van der Waals surface area contributed by atoms with Gasteiger partial charge in [0.1, 0.15) is 0 Å². The standard InChI is InChI=1S/C13H24N2O2/c1-2-11(9-13(16)17)15-8-7-14-6-4-3-5-12(14)10-15/h11-12H,2-10H2,1H3,(H,16,17). The highest BCUT2D eigenvalue weighted by molar-refractivity contribution is 5.67. The molecular formula is C13H24N2O2. The number of hydrogen-bond donors (Lipinski definition) is 1. The van der Waals surface area contributed by atoms with E-state index in [1.54, 1.807) is 0 Å². The summed E-state index contributed by atoms with van der Waals surface area (Å²) in [6.07, 6.45) is 5.20. The third-order valence-corrected chi connectivity index (χ3v) is 4.27. The van der Waals surface area contributed by atoms with E-state index in [1.807, 2.05) is 0 Å². The Labute approximate surface area is 104 Å². The van der Waals surface area contributed by atoms with Gasteiger partial charge < -0.3 is 5.11 Å². The Hall–Kier alpha value is -0.610. The normalized spacial score (nSPS) is 28.6. The van der Waals surface area contributed by atoms with Gasteiger partial charge in [-0.3, -0.25) is 14.6 Å². The van der Waals surface area contributed by atoms with Gasteiger partial charge in [-0.2, -0.15) is 0 Å². The van der Waals surface area contributed by atoms with Crippen LogP contribution in [0, 0.1) is 0 Å². The molecule has 1 N–H and O–H groups in total. The molecule has 0 amide bonds. The van der Waals surface area contributed by atoms with Gasteiger partial charge in [0.2, 0.25) is 0 Å². The van der Waals surface area contributed by atoms with E-state index in [-0.39, 0.29) is 6.04 Å². The summed E-state index contributed by atoms with van der Waals surface area (Å²) in [5.41, 5.74) is 0. The Morgan fingerprint density at radius 1 is 1.35 bits per heavy atom. The van der Waals surface area contributed by atoms with E-state index in [4.69, 9.17) is 5.11 Å². The third-order valence-electron chi connectivity index (χ3n) is 4.27. The average Bonchev–Trinajstić information content (AvgIpc) is 2.35. The van der Waals surface area contributed by atoms with Crippen LogP contribution >= 0.6 is 0 Å². The van der Waals surface area contributed by atoms with Gasteiger partial charge in [-0.15, -0.1) is 0 Å². The molecule has 4 nitrogen and oxygen atoms in total. The summed E-state index contributed by atoms with van der Waals surface area (Å²) < 4.78 is 0. The molecule has 98 valence electrons. The topological polar surface area (TPSA) is 43.8 Å². The van der Waals surface area contributed by atoms with E-state index in [9.17, 15) is 4.79 Å². The lowest BCUT2D eigenvalue weighted by Gasteiger charge is -2.46. The lowest BCUT2D eigenvalue weighted by molar-refractivity contribution is -0.138. The fourth-order valence-corrected chi connectivity index (χ4v) is 3.24. The van der Waals surface area contributed by atoms with Gasteiger partial charge in [0.05, 0.1) is 6.42 Å². The number of fused-ring (bicyclic) bond motifs is 1. The fraction of sp³-hybridized carbons (Fsp3) is 0.923. The van der Waals surface area contributed by atoms with Crippen molar-refractivity contribution in [3.63, 3.8) is 0 Å². The number of piperazine rings is 1. The number of carbonyl (C=O) groups is 1. The van der Waals surface area contributed by atoms with Gasteiger partial charge in [0.25, 0.3) is 0 Å². The predicted molar refractivity (Wildman–Crippen MR) is 67.1 cm³/mol. The van der Waals surface area contributed by atoms with Crippen LogP contribution in [0.3, 0.4) is 0 Å². The molecule has 2 rings (SSSR count). The molecular weight excluding hydrogens is 216 g/mol. The average molecular weight is 240 g/mol. The predicted octanol–water partition coefficient (Wildman–Crippen LogP) is 1.41. The summed E-state index contributed by atoms with van der Waals surface area (Å²) in [7, 11) is 0. The van der Waals surface area contributed by atoms with Crippen LogP contribution in [0.5, 0.6) is 0 Å². The molecule has 4 heteroatoms. The van der Waals surface area contributed by atoms with E-state index in [0.29, 0.717) is 12.5 Å². The number of piperidine rings is 1. The molecule has 17 heavy (non-hydrogen) atoms. The fourth-order valence-electron chi connectivity index (χ4n) is 3.24. The summed E-state index contributed by atoms with van der Waals surface area (Å²) >= 11 is 0. The van der Waals surface area contributed by atoms with Crippen molar-refractivity contribution in [1.29, 1.82) is 0 Å². The van der Waals surface area contributed by atoms with E-state index in [1.165, 1.54) is 25.8 Å². The molecule has 2 atom stereocenters. The van der Waals surface area contributed by atoms with Crippen LogP contribution in [-0.2, 0) is 4.79 Å². The smallest absolute Gasteiger partial charge is 0.304 e. The highest BCUT2D eigenvalue weighted by atomic mass is 16.4. The number of hydrogen-bond acceptors (Lipinski definition) is 3. The van der Waals surface area contributed by atoms with Gasteiger partial charge in [0, 0.05) is 31.7 Å². The summed E-state index contributed by atoms with van der Waals surface area (Å²) in [6, 6.07) is 0.914. The zero-order chi connectivity index (χ0) is 12.3. The molecule has 0 spiro atoms. The highest BCUT2D eigenvalue weighted by Gasteiger charge is 2.32. The molecule has 2 heterocycles. The van der Waals surface area contributed by atoms with Crippen LogP contribution in [0.25, 0.3) is 0 Å². The van der Waals surface area contributed by atoms with Crippen molar-refractivity contribution in [2.45, 2.75) is 51.1 Å². The molecule has 0 aromatic heterocycles. The number of nitrogens with zero attached hydrogens (tertiary/aromatic N) is 2. The van der Waals surface area contributed by atoms with E-state index in [0.717, 1.165) is 26.1 Å². The Kier molecular flexibility index (Phi) is 4.40. The van der Waals surface area contributed by atoms with Crippen LogP contribution < -0.4 is 0 Å². The van der Waals surface area contributed by atoms with Crippen LogP contribution in [0.15, 0.2) is 0 Å². The van der Waals surface area contributed by atoms with Gasteiger partial charge in [-0.1, -0.05) is 13.3 Å². The Balaban J connectivity index is 1.91. The molecule has 2 aliphatic rings. The first-order valence-electron chi connectivity index (χ1n) is 6.90. The third kappa shape index (κ3) is 3.19. The van der Waals surface area contributed by atoms with Crippen molar-refractivity contribution in [1.82, 2.24) is 9.80 Å². The molecule has 0 radical (unpaired) electrons. The van der Waals surface area contributed by atoms with Crippen molar-refractivity contribution >= 4 is 5.97 Å². The Morgan fingerprint density at radius 3 is 2.88 bits per heavy atom. The van der Waals surface area contributed by atoms with E-state index in [2.05, 4.69) is 16.7 Å². The molecule has 2 unspecified atom stereocenters. The van der Waals surface area contributed by atoms with E-state index < -0.39 is 5.97 Å². The molecule has 2 saturated heterocycles. The van der Waals surface area contributed by atoms with Crippen LogP contribution in [0.1, 0.15) is 39.0 Å². The minimum Gasteiger partial charge on any atom is -0.481 e. The van der Waals surface area contributed by atoms with Crippen molar-refractivity contribution < 1.29 is 9.90 Å². The van der Waals surface area contributed by atoms with Gasteiger partial charge in [-0.05, 0) is 25.8 Å². The van der Waals surface area contributed by atoms with Gasteiger partial charge in [0.15, 0.2) is 0 Å². The molecule has 2 aliphatic heterocycles. The number of carboxylic acid groups (broad SMARTS) is 1. The maximum absolute atomic E-state index is 10.9. The second-order valence-corrected chi connectivity index (χ2v) is 5.34. The van der Waals surface area contributed by atoms with Crippen molar-refractivity contribution in [2.24, 2.45) is 0 Å². The maximum Gasteiger partial charge on any atom is 0.304 e. The second kappa shape index (κ2) is 5.83. The first-order chi connectivity index (χ1) is 8.20. The van der Waals surface area contributed by atoms with Crippen molar-refractivity contribution in [2.75, 3.05) is 26.2 Å². The number of rotatable bonds is 4. The minimum atomic E-state index is -0.664. The maximum atomic E-state index is 10.9. The van der Waals surface area contributed by atoms with Crippen LogP contribution in [-0.4, -0.2) is 59.1 Å². The first kappa shape index (κ1) is 12.8. The molecule has 2 fully saturated rings. The van der Waals surface area contributed by atoms with Crippen molar-refractivity contribution in [3.05, 3.63) is 0 Å². The van der Waals surface area contributed by atoms with Crippen molar-refractivity contribution in [3.8, 4) is 0 Å². The van der Waals surface area contributed by atoms with Crippen LogP contribution in [0.4, 0.5) is 0 Å². The Bertz CT molecular complexity index is 270. The minimum absolute atomic E-state index is 0.233. The summed E-state index contributed by atoms with van der Waals surface area (Å²) in [6.45, 7) is 6.59. The number of aliphatic carboxylic acids is 1. The molecule has 0 aromatic rings. The SMILES string of the molecule is CCC(CC(=O)O)N1CCN2CCCCC2C1. The molecule has 0 saturated carbocycles. The zero-order valence-electron chi connectivity index (χ0n) is 10.8. The van der Waals surface area contributed by atoms with Crippen LogP contribution in [0.2, 0.25) is 0 Å². The lowest BCUT2D eigenvalue weighted by atomic mass is 9.97. The molecule has 0 bridgehead atoms. The number of carboxylic acids is 1.